The third-order valence-electron chi connectivity index (χ3n) is 2.74. The molecule has 1 aliphatic carbocycles. The van der Waals surface area contributed by atoms with E-state index in [9.17, 15) is 4.79 Å². The molecule has 1 rings (SSSR count). The minimum absolute atomic E-state index is 0.283. The topological polar surface area (TPSA) is 26.3 Å². The zero-order chi connectivity index (χ0) is 10.4. The van der Waals surface area contributed by atoms with Gasteiger partial charge in [0.1, 0.15) is 0 Å². The number of carbonyl (C=O) groups is 1. The molecular formula is C12H20O2. The molecule has 0 saturated heterocycles. The smallest absolute Gasteiger partial charge is 0.161 e. The molecule has 2 heteroatoms. The summed E-state index contributed by atoms with van der Waals surface area (Å²) >= 11 is 0. The lowest BCUT2D eigenvalue weighted by atomic mass is 9.83. The third kappa shape index (κ3) is 3.17. The Morgan fingerprint density at radius 2 is 2.29 bits per heavy atom. The number of rotatable bonds is 4. The van der Waals surface area contributed by atoms with E-state index < -0.39 is 0 Å². The lowest BCUT2D eigenvalue weighted by Crippen LogP contribution is -2.17. The van der Waals surface area contributed by atoms with Crippen molar-refractivity contribution in [1.82, 2.24) is 0 Å². The van der Waals surface area contributed by atoms with Crippen molar-refractivity contribution in [2.24, 2.45) is 5.92 Å². The van der Waals surface area contributed by atoms with E-state index in [1.165, 1.54) is 12.8 Å². The van der Waals surface area contributed by atoms with E-state index in [-0.39, 0.29) is 5.78 Å². The largest absolute Gasteiger partial charge is 0.501 e. The van der Waals surface area contributed by atoms with Gasteiger partial charge in [-0.2, -0.15) is 0 Å². The fourth-order valence-corrected chi connectivity index (χ4v) is 1.98. The van der Waals surface area contributed by atoms with Crippen molar-refractivity contribution in [2.45, 2.75) is 46.0 Å². The molecule has 0 aliphatic heterocycles. The van der Waals surface area contributed by atoms with Gasteiger partial charge >= 0.3 is 0 Å². The van der Waals surface area contributed by atoms with Crippen LogP contribution in [0.4, 0.5) is 0 Å². The van der Waals surface area contributed by atoms with Gasteiger partial charge in [0.15, 0.2) is 5.78 Å². The van der Waals surface area contributed by atoms with Crippen LogP contribution in [-0.2, 0) is 9.53 Å². The highest BCUT2D eigenvalue weighted by molar-refractivity contribution is 5.95. The number of carbonyl (C=O) groups excluding carboxylic acids is 1. The minimum Gasteiger partial charge on any atom is -0.501 e. The van der Waals surface area contributed by atoms with Gasteiger partial charge in [0.25, 0.3) is 0 Å². The summed E-state index contributed by atoms with van der Waals surface area (Å²) in [5.41, 5.74) is 0.900. The molecule has 0 amide bonds. The van der Waals surface area contributed by atoms with Crippen molar-refractivity contribution >= 4 is 5.78 Å². The summed E-state index contributed by atoms with van der Waals surface area (Å²) in [6.45, 7) is 4.78. The van der Waals surface area contributed by atoms with Crippen molar-refractivity contribution in [3.8, 4) is 0 Å². The molecule has 0 radical (unpaired) electrons. The lowest BCUT2D eigenvalue weighted by Gasteiger charge is -2.22. The number of hydrogen-bond acceptors (Lipinski definition) is 2. The molecule has 0 aromatic carbocycles. The van der Waals surface area contributed by atoms with Gasteiger partial charge in [-0.25, -0.2) is 0 Å². The first kappa shape index (κ1) is 11.3. The van der Waals surface area contributed by atoms with E-state index in [0.717, 1.165) is 18.4 Å². The van der Waals surface area contributed by atoms with Gasteiger partial charge in [-0.3, -0.25) is 4.79 Å². The molecular weight excluding hydrogens is 176 g/mol. The van der Waals surface area contributed by atoms with E-state index >= 15 is 0 Å². The van der Waals surface area contributed by atoms with Crippen molar-refractivity contribution in [2.75, 3.05) is 6.61 Å². The fourth-order valence-electron chi connectivity index (χ4n) is 1.98. The van der Waals surface area contributed by atoms with Crippen molar-refractivity contribution < 1.29 is 9.53 Å². The highest BCUT2D eigenvalue weighted by Crippen LogP contribution is 2.29. The Morgan fingerprint density at radius 1 is 1.50 bits per heavy atom. The maximum absolute atomic E-state index is 11.5. The molecule has 1 atom stereocenters. The fraction of sp³-hybridized carbons (Fsp3) is 0.750. The lowest BCUT2D eigenvalue weighted by molar-refractivity contribution is -0.117. The second kappa shape index (κ2) is 5.84. The predicted octanol–water partition coefficient (Wildman–Crippen LogP) is 3.08. The van der Waals surface area contributed by atoms with Crippen LogP contribution in [0.2, 0.25) is 0 Å². The van der Waals surface area contributed by atoms with E-state index in [4.69, 9.17) is 4.74 Å². The SMILES string of the molecule is CCCC1CCC(=O)/C(=C\OCC)C1. The standard InChI is InChI=1S/C12H20O2/c1-3-5-10-6-7-12(13)11(8-10)9-14-4-2/h9-10H,3-8H2,1-2H3/b11-9-. The molecule has 80 valence electrons. The van der Waals surface area contributed by atoms with Gasteiger partial charge in [-0.1, -0.05) is 19.8 Å². The summed E-state index contributed by atoms with van der Waals surface area (Å²) in [7, 11) is 0. The molecule has 1 saturated carbocycles. The molecule has 1 aliphatic rings. The van der Waals surface area contributed by atoms with Gasteiger partial charge in [0.05, 0.1) is 12.9 Å². The van der Waals surface area contributed by atoms with Crippen molar-refractivity contribution in [1.29, 1.82) is 0 Å². The maximum Gasteiger partial charge on any atom is 0.161 e. The first-order valence-electron chi connectivity index (χ1n) is 5.61. The third-order valence-corrected chi connectivity index (χ3v) is 2.74. The minimum atomic E-state index is 0.283. The van der Waals surface area contributed by atoms with Crippen LogP contribution in [0.15, 0.2) is 11.8 Å². The van der Waals surface area contributed by atoms with E-state index in [1.54, 1.807) is 6.26 Å². The molecule has 2 nitrogen and oxygen atoms in total. The molecule has 0 aromatic heterocycles. The molecule has 0 spiro atoms. The van der Waals surface area contributed by atoms with Crippen LogP contribution in [-0.4, -0.2) is 12.4 Å². The van der Waals surface area contributed by atoms with Crippen LogP contribution in [0.1, 0.15) is 46.0 Å². The van der Waals surface area contributed by atoms with Gasteiger partial charge < -0.3 is 4.74 Å². The summed E-state index contributed by atoms with van der Waals surface area (Å²) in [4.78, 5) is 11.5. The molecule has 1 fully saturated rings. The Bertz CT molecular complexity index is 218. The first-order chi connectivity index (χ1) is 6.77. The van der Waals surface area contributed by atoms with Crippen LogP contribution in [0, 0.1) is 5.92 Å². The van der Waals surface area contributed by atoms with Crippen molar-refractivity contribution in [3.63, 3.8) is 0 Å². The Kier molecular flexibility index (Phi) is 4.71. The van der Waals surface area contributed by atoms with Crippen LogP contribution >= 0.6 is 0 Å². The Morgan fingerprint density at radius 3 is 2.93 bits per heavy atom. The van der Waals surface area contributed by atoms with Crippen molar-refractivity contribution in [3.05, 3.63) is 11.8 Å². The van der Waals surface area contributed by atoms with Crippen LogP contribution in [0.25, 0.3) is 0 Å². The Hall–Kier alpha value is -0.790. The molecule has 0 bridgehead atoms. The first-order valence-corrected chi connectivity index (χ1v) is 5.61. The van der Waals surface area contributed by atoms with Gasteiger partial charge in [0.2, 0.25) is 0 Å². The average Bonchev–Trinajstić information content (AvgIpc) is 2.19. The number of hydrogen-bond donors (Lipinski definition) is 0. The summed E-state index contributed by atoms with van der Waals surface area (Å²) in [6.07, 6.45) is 6.81. The van der Waals surface area contributed by atoms with Gasteiger partial charge in [-0.15, -0.1) is 0 Å². The normalized spacial score (nSPS) is 25.4. The highest BCUT2D eigenvalue weighted by Gasteiger charge is 2.22. The zero-order valence-electron chi connectivity index (χ0n) is 9.21. The number of ketones is 1. The molecule has 0 aromatic rings. The maximum atomic E-state index is 11.5. The summed E-state index contributed by atoms with van der Waals surface area (Å²) in [5, 5.41) is 0. The summed E-state index contributed by atoms with van der Waals surface area (Å²) < 4.78 is 5.19. The highest BCUT2D eigenvalue weighted by atomic mass is 16.5. The molecule has 14 heavy (non-hydrogen) atoms. The molecule has 1 unspecified atom stereocenters. The van der Waals surface area contributed by atoms with E-state index in [1.807, 2.05) is 6.92 Å². The van der Waals surface area contributed by atoms with Crippen LogP contribution < -0.4 is 0 Å². The van der Waals surface area contributed by atoms with E-state index in [0.29, 0.717) is 18.9 Å². The molecule has 0 heterocycles. The summed E-state index contributed by atoms with van der Waals surface area (Å²) in [6, 6.07) is 0. The number of Topliss-reactive ketones (excluding diaryl/α,β-unsaturated/α-hetero) is 1. The van der Waals surface area contributed by atoms with E-state index in [2.05, 4.69) is 6.92 Å². The van der Waals surface area contributed by atoms with Gasteiger partial charge in [0, 0.05) is 12.0 Å². The van der Waals surface area contributed by atoms with Crippen LogP contribution in [0.3, 0.4) is 0 Å². The number of ether oxygens (including phenoxy) is 1. The quantitative estimate of drug-likeness (QED) is 0.510. The zero-order valence-corrected chi connectivity index (χ0v) is 9.21. The summed E-state index contributed by atoms with van der Waals surface area (Å²) in [5.74, 6) is 0.982. The second-order valence-electron chi connectivity index (χ2n) is 3.92. The molecule has 0 N–H and O–H groups in total. The number of allylic oxidation sites excluding steroid dienone is 1. The second-order valence-corrected chi connectivity index (χ2v) is 3.92. The Labute approximate surface area is 86.3 Å². The monoisotopic (exact) mass is 196 g/mol. The van der Waals surface area contributed by atoms with Crippen LogP contribution in [0.5, 0.6) is 0 Å². The average molecular weight is 196 g/mol. The Balaban J connectivity index is 2.50. The van der Waals surface area contributed by atoms with Gasteiger partial charge in [-0.05, 0) is 25.7 Å². The predicted molar refractivity (Wildman–Crippen MR) is 57.0 cm³/mol.